The molecular formula is C20H17IOS. The Hall–Kier alpha value is -1.43. The summed E-state index contributed by atoms with van der Waals surface area (Å²) in [6.45, 7) is 2.16. The molecule has 1 N–H and O–H groups in total. The highest BCUT2D eigenvalue weighted by Gasteiger charge is 2.06. The fourth-order valence-corrected chi connectivity index (χ4v) is 3.76. The van der Waals surface area contributed by atoms with Crippen molar-refractivity contribution in [2.24, 2.45) is 0 Å². The monoisotopic (exact) mass is 432 g/mol. The van der Waals surface area contributed by atoms with E-state index in [2.05, 4.69) is 90.2 Å². The van der Waals surface area contributed by atoms with E-state index in [4.69, 9.17) is 0 Å². The lowest BCUT2D eigenvalue weighted by Crippen LogP contribution is -1.90. The zero-order chi connectivity index (χ0) is 16.2. The van der Waals surface area contributed by atoms with Crippen LogP contribution in [0.25, 0.3) is 16.0 Å². The summed E-state index contributed by atoms with van der Waals surface area (Å²) in [4.78, 5) is 2.61. The molecule has 0 aliphatic carbocycles. The van der Waals surface area contributed by atoms with Gasteiger partial charge in [0, 0.05) is 13.3 Å². The second kappa shape index (κ2) is 7.43. The Morgan fingerprint density at radius 1 is 0.957 bits per heavy atom. The van der Waals surface area contributed by atoms with Gasteiger partial charge in [-0.15, -0.1) is 11.3 Å². The first-order valence-corrected chi connectivity index (χ1v) is 9.31. The van der Waals surface area contributed by atoms with Crippen molar-refractivity contribution in [3.63, 3.8) is 0 Å². The van der Waals surface area contributed by atoms with Gasteiger partial charge in [0.25, 0.3) is 0 Å². The maximum atomic E-state index is 9.37. The van der Waals surface area contributed by atoms with Gasteiger partial charge in [-0.3, -0.25) is 0 Å². The third-order valence-electron chi connectivity index (χ3n) is 3.67. The molecule has 0 saturated heterocycles. The lowest BCUT2D eigenvalue weighted by atomic mass is 9.96. The molecule has 3 aromatic rings. The van der Waals surface area contributed by atoms with Crippen molar-refractivity contribution < 1.29 is 5.11 Å². The SMILES string of the molecule is Cc1ccc(-c2ccc(/C(=C/CO)c3ccc(I)cc3)cc2)s1. The number of halogens is 1. The fourth-order valence-electron chi connectivity index (χ4n) is 2.53. The minimum atomic E-state index is 0.0349. The number of aryl methyl sites for hydroxylation is 1. The van der Waals surface area contributed by atoms with Crippen molar-refractivity contribution in [1.82, 2.24) is 0 Å². The molecule has 0 spiro atoms. The molecular weight excluding hydrogens is 415 g/mol. The van der Waals surface area contributed by atoms with Crippen LogP contribution in [0, 0.1) is 10.5 Å². The molecule has 0 amide bonds. The van der Waals surface area contributed by atoms with Gasteiger partial charge in [-0.25, -0.2) is 0 Å². The summed E-state index contributed by atoms with van der Waals surface area (Å²) in [7, 11) is 0. The summed E-state index contributed by atoms with van der Waals surface area (Å²) in [5.41, 5.74) is 4.55. The van der Waals surface area contributed by atoms with E-state index in [0.717, 1.165) is 16.7 Å². The topological polar surface area (TPSA) is 20.2 Å². The standard InChI is InChI=1S/C20H17IOS/c1-14-2-11-20(23-14)17-5-3-15(4-6-17)19(12-13-22)16-7-9-18(21)10-8-16/h2-12,22H,13H2,1H3/b19-12-. The Balaban J connectivity index is 1.95. The van der Waals surface area contributed by atoms with Crippen LogP contribution in [0.15, 0.2) is 66.7 Å². The molecule has 0 saturated carbocycles. The number of thiophene rings is 1. The molecule has 3 rings (SSSR count). The predicted molar refractivity (Wildman–Crippen MR) is 108 cm³/mol. The van der Waals surface area contributed by atoms with E-state index in [1.54, 1.807) is 0 Å². The van der Waals surface area contributed by atoms with E-state index in [-0.39, 0.29) is 6.61 Å². The molecule has 23 heavy (non-hydrogen) atoms. The minimum Gasteiger partial charge on any atom is -0.392 e. The van der Waals surface area contributed by atoms with Crippen molar-refractivity contribution in [3.8, 4) is 10.4 Å². The highest BCUT2D eigenvalue weighted by molar-refractivity contribution is 14.1. The van der Waals surface area contributed by atoms with Crippen LogP contribution in [0.4, 0.5) is 0 Å². The van der Waals surface area contributed by atoms with Crippen LogP contribution in [0.5, 0.6) is 0 Å². The largest absolute Gasteiger partial charge is 0.392 e. The van der Waals surface area contributed by atoms with Gasteiger partial charge in [0.15, 0.2) is 0 Å². The van der Waals surface area contributed by atoms with Crippen LogP contribution < -0.4 is 0 Å². The summed E-state index contributed by atoms with van der Waals surface area (Å²) >= 11 is 4.11. The zero-order valence-corrected chi connectivity index (χ0v) is 15.8. The Bertz CT molecular complexity index is 814. The van der Waals surface area contributed by atoms with Gasteiger partial charge in [-0.05, 0) is 76.0 Å². The average molecular weight is 432 g/mol. The van der Waals surface area contributed by atoms with Crippen LogP contribution in [0.1, 0.15) is 16.0 Å². The van der Waals surface area contributed by atoms with Gasteiger partial charge in [-0.1, -0.05) is 42.5 Å². The second-order valence-electron chi connectivity index (χ2n) is 5.29. The van der Waals surface area contributed by atoms with Crippen LogP contribution in [-0.2, 0) is 0 Å². The minimum absolute atomic E-state index is 0.0349. The lowest BCUT2D eigenvalue weighted by molar-refractivity contribution is 0.343. The van der Waals surface area contributed by atoms with E-state index in [9.17, 15) is 5.11 Å². The van der Waals surface area contributed by atoms with Gasteiger partial charge in [0.1, 0.15) is 0 Å². The van der Waals surface area contributed by atoms with Gasteiger partial charge in [0.05, 0.1) is 6.61 Å². The summed E-state index contributed by atoms with van der Waals surface area (Å²) in [5.74, 6) is 0. The highest BCUT2D eigenvalue weighted by Crippen LogP contribution is 2.30. The smallest absolute Gasteiger partial charge is 0.0621 e. The van der Waals surface area contributed by atoms with E-state index in [1.165, 1.54) is 18.9 Å². The molecule has 0 aliphatic heterocycles. The molecule has 0 radical (unpaired) electrons. The van der Waals surface area contributed by atoms with E-state index in [1.807, 2.05) is 17.4 Å². The molecule has 0 atom stereocenters. The normalized spacial score (nSPS) is 11.7. The zero-order valence-electron chi connectivity index (χ0n) is 12.8. The number of aliphatic hydroxyl groups is 1. The van der Waals surface area contributed by atoms with Crippen molar-refractivity contribution in [2.45, 2.75) is 6.92 Å². The maximum Gasteiger partial charge on any atom is 0.0621 e. The summed E-state index contributed by atoms with van der Waals surface area (Å²) < 4.78 is 1.21. The van der Waals surface area contributed by atoms with Crippen molar-refractivity contribution >= 4 is 39.5 Å². The third kappa shape index (κ3) is 3.91. The van der Waals surface area contributed by atoms with Crippen molar-refractivity contribution in [1.29, 1.82) is 0 Å². The number of rotatable bonds is 4. The Labute approximate surface area is 154 Å². The van der Waals surface area contributed by atoms with Gasteiger partial charge in [0.2, 0.25) is 0 Å². The molecule has 0 fully saturated rings. The molecule has 0 aliphatic rings. The van der Waals surface area contributed by atoms with E-state index >= 15 is 0 Å². The number of benzene rings is 2. The molecule has 116 valence electrons. The fraction of sp³-hybridized carbons (Fsp3) is 0.100. The molecule has 1 heterocycles. The first-order chi connectivity index (χ1) is 11.2. The van der Waals surface area contributed by atoms with Crippen LogP contribution >= 0.6 is 33.9 Å². The second-order valence-corrected chi connectivity index (χ2v) is 7.83. The van der Waals surface area contributed by atoms with Crippen LogP contribution in [0.2, 0.25) is 0 Å². The Morgan fingerprint density at radius 2 is 1.57 bits per heavy atom. The predicted octanol–water partition coefficient (Wildman–Crippen LogP) is 5.75. The Kier molecular flexibility index (Phi) is 5.30. The maximum absolute atomic E-state index is 9.37. The molecule has 1 nitrogen and oxygen atoms in total. The quantitative estimate of drug-likeness (QED) is 0.521. The first-order valence-electron chi connectivity index (χ1n) is 7.41. The summed E-state index contributed by atoms with van der Waals surface area (Å²) in [5, 5.41) is 9.37. The highest BCUT2D eigenvalue weighted by atomic mass is 127. The molecule has 0 bridgehead atoms. The van der Waals surface area contributed by atoms with Gasteiger partial charge in [-0.2, -0.15) is 0 Å². The lowest BCUT2D eigenvalue weighted by Gasteiger charge is -2.09. The number of aliphatic hydroxyl groups excluding tert-OH is 1. The van der Waals surface area contributed by atoms with Gasteiger partial charge >= 0.3 is 0 Å². The van der Waals surface area contributed by atoms with Crippen molar-refractivity contribution in [3.05, 3.63) is 86.3 Å². The van der Waals surface area contributed by atoms with E-state index < -0.39 is 0 Å². The Morgan fingerprint density at radius 3 is 2.09 bits per heavy atom. The number of hydrogen-bond acceptors (Lipinski definition) is 2. The summed E-state index contributed by atoms with van der Waals surface area (Å²) in [6.07, 6.45) is 1.87. The molecule has 3 heteroatoms. The van der Waals surface area contributed by atoms with Crippen LogP contribution in [0.3, 0.4) is 0 Å². The average Bonchev–Trinajstić information content (AvgIpc) is 3.00. The van der Waals surface area contributed by atoms with Gasteiger partial charge < -0.3 is 5.11 Å². The third-order valence-corrected chi connectivity index (χ3v) is 5.44. The first kappa shape index (κ1) is 16.4. The molecule has 2 aromatic carbocycles. The molecule has 0 unspecified atom stereocenters. The number of hydrogen-bond donors (Lipinski definition) is 1. The van der Waals surface area contributed by atoms with Crippen LogP contribution in [-0.4, -0.2) is 11.7 Å². The molecule has 1 aromatic heterocycles. The van der Waals surface area contributed by atoms with Crippen molar-refractivity contribution in [2.75, 3.05) is 6.61 Å². The summed E-state index contributed by atoms with van der Waals surface area (Å²) in [6, 6.07) is 21.2. The van der Waals surface area contributed by atoms with E-state index in [0.29, 0.717) is 0 Å².